The third-order valence-electron chi connectivity index (χ3n) is 3.37. The van der Waals surface area contributed by atoms with E-state index in [1.54, 1.807) is 17.4 Å². The van der Waals surface area contributed by atoms with Gasteiger partial charge in [-0.3, -0.25) is 4.79 Å². The van der Waals surface area contributed by atoms with Crippen molar-refractivity contribution in [2.24, 2.45) is 0 Å². The fraction of sp³-hybridized carbons (Fsp3) is 0.357. The summed E-state index contributed by atoms with van der Waals surface area (Å²) in [6.45, 7) is 4.96. The molecule has 1 amide bonds. The first-order valence-corrected chi connectivity index (χ1v) is 7.47. The first kappa shape index (κ1) is 13.1. The van der Waals surface area contributed by atoms with Crippen molar-refractivity contribution in [2.75, 3.05) is 13.1 Å². The molecule has 1 aliphatic rings. The quantitative estimate of drug-likeness (QED) is 0.794. The number of likely N-dealkylation sites (tertiary alicyclic amines) is 1. The summed E-state index contributed by atoms with van der Waals surface area (Å²) in [5.41, 5.74) is 0.975. The molecule has 1 fully saturated rings. The Balaban J connectivity index is 1.58. The van der Waals surface area contributed by atoms with Gasteiger partial charge in [-0.25, -0.2) is 0 Å². The van der Waals surface area contributed by atoms with Crippen LogP contribution in [0.3, 0.4) is 0 Å². The van der Waals surface area contributed by atoms with Crippen LogP contribution < -0.4 is 0 Å². The molecule has 5 nitrogen and oxygen atoms in total. The number of thiophene rings is 1. The van der Waals surface area contributed by atoms with Gasteiger partial charge in [-0.1, -0.05) is 11.2 Å². The van der Waals surface area contributed by atoms with Crippen LogP contribution in [-0.4, -0.2) is 34.0 Å². The van der Waals surface area contributed by atoms with Crippen LogP contribution in [0.15, 0.2) is 34.0 Å². The third-order valence-corrected chi connectivity index (χ3v) is 4.05. The summed E-state index contributed by atoms with van der Waals surface area (Å²) in [7, 11) is 0. The number of hydrogen-bond donors (Lipinski definition) is 0. The second kappa shape index (κ2) is 5.58. The normalized spacial score (nSPS) is 15.1. The number of hydrogen-bond acceptors (Lipinski definition) is 5. The maximum atomic E-state index is 11.8. The second-order valence-electron chi connectivity index (χ2n) is 4.79. The highest BCUT2D eigenvalue weighted by Gasteiger charge is 2.35. The fourth-order valence-corrected chi connectivity index (χ4v) is 2.77. The van der Waals surface area contributed by atoms with Gasteiger partial charge in [0.1, 0.15) is 0 Å². The largest absolute Gasteiger partial charge is 0.341 e. The number of nitrogens with zero attached hydrogens (tertiary/aromatic N) is 3. The van der Waals surface area contributed by atoms with E-state index in [1.165, 1.54) is 0 Å². The number of rotatable bonds is 5. The molecule has 3 heterocycles. The van der Waals surface area contributed by atoms with E-state index in [0.717, 1.165) is 12.0 Å². The molecular formula is C14H15N3O2S. The lowest BCUT2D eigenvalue weighted by molar-refractivity contribution is -0.135. The molecule has 0 spiro atoms. The fourth-order valence-electron chi connectivity index (χ4n) is 2.13. The molecule has 1 aliphatic heterocycles. The number of allylic oxidation sites excluding steroid dienone is 1. The van der Waals surface area contributed by atoms with Crippen molar-refractivity contribution in [3.05, 3.63) is 35.4 Å². The molecule has 2 aromatic heterocycles. The van der Waals surface area contributed by atoms with Crippen molar-refractivity contribution in [1.29, 1.82) is 0 Å². The first-order valence-electron chi connectivity index (χ1n) is 6.53. The number of amides is 1. The van der Waals surface area contributed by atoms with Crippen LogP contribution in [0.5, 0.6) is 0 Å². The monoisotopic (exact) mass is 289 g/mol. The topological polar surface area (TPSA) is 59.2 Å². The summed E-state index contributed by atoms with van der Waals surface area (Å²) in [6, 6.07) is 1.96. The lowest BCUT2D eigenvalue weighted by Gasteiger charge is -2.37. The van der Waals surface area contributed by atoms with Gasteiger partial charge in [0.15, 0.2) is 0 Å². The van der Waals surface area contributed by atoms with Crippen LogP contribution in [0.1, 0.15) is 24.7 Å². The van der Waals surface area contributed by atoms with Crippen molar-refractivity contribution in [2.45, 2.75) is 18.8 Å². The van der Waals surface area contributed by atoms with Gasteiger partial charge in [0.25, 0.3) is 0 Å². The molecule has 3 rings (SSSR count). The second-order valence-corrected chi connectivity index (χ2v) is 5.57. The van der Waals surface area contributed by atoms with Crippen LogP contribution >= 0.6 is 11.3 Å². The lowest BCUT2D eigenvalue weighted by atomic mass is 9.99. The standard InChI is InChI=1S/C14H15N3O2S/c1-2-3-4-12(18)17-7-11(8-17)14-15-13(16-19-14)10-5-6-20-9-10/h2,5-6,9,11H,1,3-4,7-8H2. The van der Waals surface area contributed by atoms with Crippen LogP contribution in [-0.2, 0) is 4.79 Å². The zero-order chi connectivity index (χ0) is 13.9. The summed E-state index contributed by atoms with van der Waals surface area (Å²) in [4.78, 5) is 18.0. The summed E-state index contributed by atoms with van der Waals surface area (Å²) >= 11 is 1.60. The Labute approximate surface area is 120 Å². The van der Waals surface area contributed by atoms with Crippen LogP contribution in [0.4, 0.5) is 0 Å². The third kappa shape index (κ3) is 2.51. The van der Waals surface area contributed by atoms with E-state index in [0.29, 0.717) is 31.2 Å². The molecule has 0 aromatic carbocycles. The number of aromatic nitrogens is 2. The zero-order valence-electron chi connectivity index (χ0n) is 11.0. The molecule has 104 valence electrons. The minimum atomic E-state index is 0.165. The Morgan fingerprint density at radius 3 is 3.15 bits per heavy atom. The Morgan fingerprint density at radius 2 is 2.45 bits per heavy atom. The molecule has 0 radical (unpaired) electrons. The minimum absolute atomic E-state index is 0.165. The summed E-state index contributed by atoms with van der Waals surface area (Å²) in [5.74, 6) is 1.58. The van der Waals surface area contributed by atoms with Crippen molar-refractivity contribution in [3.8, 4) is 11.4 Å². The summed E-state index contributed by atoms with van der Waals surface area (Å²) in [5, 5.41) is 7.95. The molecule has 0 N–H and O–H groups in total. The van der Waals surface area contributed by atoms with Gasteiger partial charge in [0.2, 0.25) is 17.6 Å². The summed E-state index contributed by atoms with van der Waals surface area (Å²) < 4.78 is 5.29. The van der Waals surface area contributed by atoms with E-state index in [9.17, 15) is 4.79 Å². The van der Waals surface area contributed by atoms with Crippen LogP contribution in [0, 0.1) is 0 Å². The number of carbonyl (C=O) groups is 1. The Morgan fingerprint density at radius 1 is 1.60 bits per heavy atom. The molecule has 0 saturated carbocycles. The Kier molecular flexibility index (Phi) is 3.64. The molecular weight excluding hydrogens is 274 g/mol. The van der Waals surface area contributed by atoms with Crippen LogP contribution in [0.25, 0.3) is 11.4 Å². The predicted molar refractivity (Wildman–Crippen MR) is 76.4 cm³/mol. The molecule has 0 aliphatic carbocycles. The molecule has 0 bridgehead atoms. The van der Waals surface area contributed by atoms with Crippen LogP contribution in [0.2, 0.25) is 0 Å². The van der Waals surface area contributed by atoms with Crippen molar-refractivity contribution >= 4 is 17.2 Å². The molecule has 2 aromatic rings. The first-order chi connectivity index (χ1) is 9.78. The lowest BCUT2D eigenvalue weighted by Crippen LogP contribution is -2.48. The minimum Gasteiger partial charge on any atom is -0.341 e. The Bertz CT molecular complexity index is 600. The van der Waals surface area contributed by atoms with Crippen molar-refractivity contribution in [1.82, 2.24) is 15.0 Å². The molecule has 20 heavy (non-hydrogen) atoms. The van der Waals surface area contributed by atoms with E-state index < -0.39 is 0 Å². The van der Waals surface area contributed by atoms with E-state index >= 15 is 0 Å². The van der Waals surface area contributed by atoms with E-state index in [2.05, 4.69) is 16.7 Å². The van der Waals surface area contributed by atoms with Crippen molar-refractivity contribution < 1.29 is 9.32 Å². The van der Waals surface area contributed by atoms with E-state index in [1.807, 2.05) is 21.7 Å². The van der Waals surface area contributed by atoms with Gasteiger partial charge in [-0.15, -0.1) is 6.58 Å². The maximum absolute atomic E-state index is 11.8. The molecule has 0 unspecified atom stereocenters. The average molecular weight is 289 g/mol. The van der Waals surface area contributed by atoms with E-state index in [4.69, 9.17) is 4.52 Å². The number of carbonyl (C=O) groups excluding carboxylic acids is 1. The van der Waals surface area contributed by atoms with E-state index in [-0.39, 0.29) is 11.8 Å². The van der Waals surface area contributed by atoms with Gasteiger partial charge in [-0.2, -0.15) is 16.3 Å². The zero-order valence-corrected chi connectivity index (χ0v) is 11.8. The smallest absolute Gasteiger partial charge is 0.233 e. The van der Waals surface area contributed by atoms with Gasteiger partial charge in [0.05, 0.1) is 5.92 Å². The molecule has 6 heteroatoms. The predicted octanol–water partition coefficient (Wildman–Crippen LogP) is 2.69. The average Bonchev–Trinajstić information content (AvgIpc) is 3.04. The van der Waals surface area contributed by atoms with Gasteiger partial charge in [0, 0.05) is 30.5 Å². The molecule has 1 saturated heterocycles. The highest BCUT2D eigenvalue weighted by molar-refractivity contribution is 7.08. The van der Waals surface area contributed by atoms with Crippen molar-refractivity contribution in [3.63, 3.8) is 0 Å². The highest BCUT2D eigenvalue weighted by atomic mass is 32.1. The Hall–Kier alpha value is -1.95. The molecule has 0 atom stereocenters. The van der Waals surface area contributed by atoms with Gasteiger partial charge in [-0.05, 0) is 17.9 Å². The maximum Gasteiger partial charge on any atom is 0.233 e. The van der Waals surface area contributed by atoms with Gasteiger partial charge < -0.3 is 9.42 Å². The summed E-state index contributed by atoms with van der Waals surface area (Å²) in [6.07, 6.45) is 3.02. The highest BCUT2D eigenvalue weighted by Crippen LogP contribution is 2.28. The SMILES string of the molecule is C=CCCC(=O)N1CC(c2nc(-c3ccsc3)no2)C1. The van der Waals surface area contributed by atoms with Gasteiger partial charge >= 0.3 is 0 Å².